The number of morpholine rings is 1. The number of amides is 1. The summed E-state index contributed by atoms with van der Waals surface area (Å²) >= 11 is 0. The van der Waals surface area contributed by atoms with E-state index in [0.717, 1.165) is 25.7 Å². The van der Waals surface area contributed by atoms with Crippen LogP contribution in [-0.2, 0) is 25.9 Å². The molecule has 0 unspecified atom stereocenters. The van der Waals surface area contributed by atoms with Crippen LogP contribution in [0.4, 0.5) is 13.2 Å². The second kappa shape index (κ2) is 11.4. The van der Waals surface area contributed by atoms with Gasteiger partial charge in [0.25, 0.3) is 5.91 Å². The monoisotopic (exact) mass is 550 g/mol. The minimum Gasteiger partial charge on any atom is -0.492 e. The van der Waals surface area contributed by atoms with Crippen molar-refractivity contribution in [2.75, 3.05) is 46.0 Å². The Kier molecular flexibility index (Phi) is 8.41. The lowest BCUT2D eigenvalue weighted by Gasteiger charge is -2.28. The van der Waals surface area contributed by atoms with Gasteiger partial charge in [-0.15, -0.1) is 0 Å². The Balaban J connectivity index is 1.57. The molecular formula is C28H33F3N2O6. The van der Waals surface area contributed by atoms with Crippen LogP contribution in [0.5, 0.6) is 5.75 Å². The SMILES string of the molecule is CC(C)OC(=O)C1=CN(C(=O)c2ccc(OCCN3CCOCC3)cc2)CC(C)(C)c2oc(C(F)(F)F)cc21. The number of hydrogen-bond acceptors (Lipinski definition) is 7. The smallest absolute Gasteiger partial charge is 0.449 e. The zero-order valence-corrected chi connectivity index (χ0v) is 22.5. The van der Waals surface area contributed by atoms with E-state index in [1.807, 2.05) is 0 Å². The summed E-state index contributed by atoms with van der Waals surface area (Å²) in [6, 6.07) is 7.40. The number of carbonyl (C=O) groups is 2. The van der Waals surface area contributed by atoms with Crippen molar-refractivity contribution in [3.63, 3.8) is 0 Å². The molecule has 3 heterocycles. The average Bonchev–Trinajstić information content (AvgIpc) is 3.30. The number of ether oxygens (including phenoxy) is 3. The van der Waals surface area contributed by atoms with E-state index < -0.39 is 35.3 Å². The summed E-state index contributed by atoms with van der Waals surface area (Å²) in [4.78, 5) is 30.1. The van der Waals surface area contributed by atoms with E-state index in [1.54, 1.807) is 52.0 Å². The maximum absolute atomic E-state index is 13.5. The zero-order valence-electron chi connectivity index (χ0n) is 22.5. The Bertz CT molecular complexity index is 1210. The fraction of sp³-hybridized carbons (Fsp3) is 0.500. The Morgan fingerprint density at radius 1 is 1.10 bits per heavy atom. The molecule has 2 aliphatic heterocycles. The van der Waals surface area contributed by atoms with Gasteiger partial charge in [-0.25, -0.2) is 4.79 Å². The predicted molar refractivity (Wildman–Crippen MR) is 136 cm³/mol. The van der Waals surface area contributed by atoms with Gasteiger partial charge in [0.15, 0.2) is 0 Å². The highest BCUT2D eigenvalue weighted by atomic mass is 19.4. The third kappa shape index (κ3) is 6.83. The van der Waals surface area contributed by atoms with Crippen LogP contribution in [-0.4, -0.2) is 73.8 Å². The van der Waals surface area contributed by atoms with Crippen molar-refractivity contribution in [3.8, 4) is 5.75 Å². The molecule has 1 amide bonds. The highest BCUT2D eigenvalue weighted by Crippen LogP contribution is 2.42. The molecule has 0 saturated carbocycles. The van der Waals surface area contributed by atoms with E-state index in [4.69, 9.17) is 18.6 Å². The number of esters is 1. The van der Waals surface area contributed by atoms with Crippen molar-refractivity contribution in [2.45, 2.75) is 45.4 Å². The summed E-state index contributed by atoms with van der Waals surface area (Å²) in [6.45, 7) is 10.9. The topological polar surface area (TPSA) is 81.5 Å². The lowest BCUT2D eigenvalue weighted by Crippen LogP contribution is -2.38. The molecule has 1 aromatic heterocycles. The Morgan fingerprint density at radius 2 is 1.77 bits per heavy atom. The Morgan fingerprint density at radius 3 is 2.38 bits per heavy atom. The second-order valence-electron chi connectivity index (χ2n) is 10.5. The molecule has 0 atom stereocenters. The van der Waals surface area contributed by atoms with Crippen LogP contribution < -0.4 is 4.74 Å². The quantitative estimate of drug-likeness (QED) is 0.461. The molecular weight excluding hydrogens is 517 g/mol. The number of carbonyl (C=O) groups excluding carboxylic acids is 2. The summed E-state index contributed by atoms with van der Waals surface area (Å²) in [6.07, 6.45) is -4.01. The van der Waals surface area contributed by atoms with Crippen LogP contribution in [0.1, 0.15) is 55.1 Å². The molecule has 0 N–H and O–H groups in total. The van der Waals surface area contributed by atoms with Crippen LogP contribution in [0.2, 0.25) is 0 Å². The van der Waals surface area contributed by atoms with Crippen LogP contribution in [0, 0.1) is 0 Å². The minimum atomic E-state index is -4.74. The van der Waals surface area contributed by atoms with Crippen LogP contribution >= 0.6 is 0 Å². The van der Waals surface area contributed by atoms with Crippen LogP contribution in [0.15, 0.2) is 40.9 Å². The molecule has 8 nitrogen and oxygen atoms in total. The molecule has 0 radical (unpaired) electrons. The van der Waals surface area contributed by atoms with Crippen molar-refractivity contribution in [1.29, 1.82) is 0 Å². The third-order valence-electron chi connectivity index (χ3n) is 6.47. The fourth-order valence-corrected chi connectivity index (χ4v) is 4.55. The molecule has 2 aliphatic rings. The molecule has 39 heavy (non-hydrogen) atoms. The summed E-state index contributed by atoms with van der Waals surface area (Å²) in [5.74, 6) is -1.93. The van der Waals surface area contributed by atoms with Gasteiger partial charge < -0.3 is 23.5 Å². The summed E-state index contributed by atoms with van der Waals surface area (Å²) in [5.41, 5.74) is -0.946. The van der Waals surface area contributed by atoms with Gasteiger partial charge in [-0.3, -0.25) is 9.69 Å². The van der Waals surface area contributed by atoms with Gasteiger partial charge in [0.05, 0.1) is 24.9 Å². The molecule has 212 valence electrons. The van der Waals surface area contributed by atoms with Gasteiger partial charge in [0.2, 0.25) is 5.76 Å². The van der Waals surface area contributed by atoms with Gasteiger partial charge in [-0.1, -0.05) is 13.8 Å². The lowest BCUT2D eigenvalue weighted by molar-refractivity contribution is -0.153. The number of halogens is 3. The number of furan rings is 1. The average molecular weight is 551 g/mol. The number of rotatable bonds is 7. The van der Waals surface area contributed by atoms with E-state index >= 15 is 0 Å². The van der Waals surface area contributed by atoms with E-state index in [-0.39, 0.29) is 23.4 Å². The maximum atomic E-state index is 13.5. The van der Waals surface area contributed by atoms with E-state index in [1.165, 1.54) is 11.1 Å². The first-order valence-corrected chi connectivity index (χ1v) is 12.8. The first-order valence-electron chi connectivity index (χ1n) is 12.8. The minimum absolute atomic E-state index is 0.0279. The molecule has 2 aromatic rings. The first kappa shape index (κ1) is 28.7. The zero-order chi connectivity index (χ0) is 28.4. The van der Waals surface area contributed by atoms with E-state index in [0.29, 0.717) is 31.1 Å². The second-order valence-corrected chi connectivity index (χ2v) is 10.5. The highest BCUT2D eigenvalue weighted by molar-refractivity contribution is 6.17. The fourth-order valence-electron chi connectivity index (χ4n) is 4.55. The van der Waals surface area contributed by atoms with Crippen molar-refractivity contribution in [1.82, 2.24) is 9.80 Å². The van der Waals surface area contributed by atoms with Gasteiger partial charge >= 0.3 is 12.1 Å². The van der Waals surface area contributed by atoms with Crippen LogP contribution in [0.25, 0.3) is 5.57 Å². The summed E-state index contributed by atoms with van der Waals surface area (Å²) < 4.78 is 62.2. The van der Waals surface area contributed by atoms with Crippen molar-refractivity contribution >= 4 is 17.4 Å². The summed E-state index contributed by atoms with van der Waals surface area (Å²) in [5, 5.41) is 0. The molecule has 0 aliphatic carbocycles. The number of fused-ring (bicyclic) bond motifs is 1. The molecule has 1 saturated heterocycles. The predicted octanol–water partition coefficient (Wildman–Crippen LogP) is 4.74. The van der Waals surface area contributed by atoms with Gasteiger partial charge in [-0.05, 0) is 44.2 Å². The van der Waals surface area contributed by atoms with E-state index in [9.17, 15) is 22.8 Å². The third-order valence-corrected chi connectivity index (χ3v) is 6.47. The van der Waals surface area contributed by atoms with Crippen LogP contribution in [0.3, 0.4) is 0 Å². The van der Waals surface area contributed by atoms with Crippen molar-refractivity contribution in [2.24, 2.45) is 0 Å². The number of benzene rings is 1. The van der Waals surface area contributed by atoms with Gasteiger partial charge in [0.1, 0.15) is 18.1 Å². The molecule has 1 fully saturated rings. The highest BCUT2D eigenvalue weighted by Gasteiger charge is 2.43. The first-order chi connectivity index (χ1) is 18.3. The Hall–Kier alpha value is -3.31. The molecule has 11 heteroatoms. The molecule has 4 rings (SSSR count). The largest absolute Gasteiger partial charge is 0.492 e. The maximum Gasteiger partial charge on any atom is 0.449 e. The summed E-state index contributed by atoms with van der Waals surface area (Å²) in [7, 11) is 0. The lowest BCUT2D eigenvalue weighted by atomic mass is 9.87. The van der Waals surface area contributed by atoms with Gasteiger partial charge in [0, 0.05) is 48.9 Å². The van der Waals surface area contributed by atoms with Crippen molar-refractivity contribution in [3.05, 3.63) is 59.2 Å². The van der Waals surface area contributed by atoms with E-state index in [2.05, 4.69) is 4.90 Å². The molecule has 1 aromatic carbocycles. The normalized spacial score (nSPS) is 17.8. The van der Waals surface area contributed by atoms with Crippen molar-refractivity contribution < 1.29 is 41.4 Å². The standard InChI is InChI=1S/C28H33F3N2O6/c1-18(2)38-26(35)22-16-33(17-27(3,4)24-21(22)15-23(39-24)28(29,30)31)25(34)19-5-7-20(8-6-19)37-14-11-32-9-12-36-13-10-32/h5-8,15-16,18H,9-14,17H2,1-4H3. The molecule has 0 bridgehead atoms. The number of alkyl halides is 3. The molecule has 0 spiro atoms. The van der Waals surface area contributed by atoms with Gasteiger partial charge in [-0.2, -0.15) is 13.2 Å². The number of nitrogens with zero attached hydrogens (tertiary/aromatic N) is 2. The Labute approximate surface area is 225 Å². The number of hydrogen-bond donors (Lipinski definition) is 0.